The van der Waals surface area contributed by atoms with Crippen LogP contribution in [0.15, 0.2) is 77.9 Å². The van der Waals surface area contributed by atoms with Crippen LogP contribution in [-0.2, 0) is 43.0 Å². The number of carbonyl (C=O) groups excluding carboxylic acids is 6. The Morgan fingerprint density at radius 3 is 1.28 bits per heavy atom. The van der Waals surface area contributed by atoms with Gasteiger partial charge in [-0.2, -0.15) is 0 Å². The van der Waals surface area contributed by atoms with Crippen molar-refractivity contribution in [3.63, 3.8) is 0 Å². The molecule has 0 radical (unpaired) electrons. The largest absolute Gasteiger partial charge is 0.461 e. The predicted octanol–water partition coefficient (Wildman–Crippen LogP) is 8.09. The second kappa shape index (κ2) is 36.0. The van der Waals surface area contributed by atoms with Crippen LogP contribution in [0.2, 0.25) is 0 Å². The highest BCUT2D eigenvalue weighted by Crippen LogP contribution is 2.28. The van der Waals surface area contributed by atoms with Crippen molar-refractivity contribution in [2.24, 2.45) is 52.2 Å². The Balaban J connectivity index is 0.000000977. The summed E-state index contributed by atoms with van der Waals surface area (Å²) in [5.41, 5.74) is 6.05. The van der Waals surface area contributed by atoms with Gasteiger partial charge in [-0.25, -0.2) is 4.79 Å². The number of amides is 3. The minimum atomic E-state index is -0.647. The van der Waals surface area contributed by atoms with Gasteiger partial charge in [0, 0.05) is 43.9 Å². The van der Waals surface area contributed by atoms with Crippen molar-refractivity contribution in [2.75, 3.05) is 26.2 Å². The summed E-state index contributed by atoms with van der Waals surface area (Å²) in [6, 6.07) is -0.647. The van der Waals surface area contributed by atoms with E-state index in [1.54, 1.807) is 19.1 Å². The highest BCUT2D eigenvalue weighted by molar-refractivity contribution is 6.36. The Morgan fingerprint density at radius 2 is 0.955 bits per heavy atom. The molecule has 1 fully saturated rings. The van der Waals surface area contributed by atoms with Crippen LogP contribution in [0.5, 0.6) is 0 Å². The summed E-state index contributed by atoms with van der Waals surface area (Å²) < 4.78 is 16.8. The summed E-state index contributed by atoms with van der Waals surface area (Å²) >= 11 is 0. The summed E-state index contributed by atoms with van der Waals surface area (Å²) in [4.78, 5) is 75.1. The van der Waals surface area contributed by atoms with E-state index in [1.165, 1.54) is 18.2 Å². The van der Waals surface area contributed by atoms with Crippen molar-refractivity contribution in [3.05, 3.63) is 72.9 Å². The number of allylic oxidation sites excluding steroid dienone is 3. The number of nitrogens with zero attached hydrogens (tertiary/aromatic N) is 1. The normalized spacial score (nSPS) is 17.5. The van der Waals surface area contributed by atoms with Gasteiger partial charge < -0.3 is 35.9 Å². The first-order chi connectivity index (χ1) is 31.7. The molecule has 1 heterocycles. The molecule has 0 aromatic carbocycles. The number of carbonyl (C=O) groups is 6. The van der Waals surface area contributed by atoms with E-state index in [9.17, 15) is 28.8 Å². The molecule has 0 spiro atoms. The number of hydrogen-bond donors (Lipinski definition) is 4. The van der Waals surface area contributed by atoms with Crippen molar-refractivity contribution in [2.45, 2.75) is 153 Å². The zero-order valence-corrected chi connectivity index (χ0v) is 43.0. The summed E-state index contributed by atoms with van der Waals surface area (Å²) in [5.74, 6) is -0.789. The maximum atomic E-state index is 12.2. The molecule has 0 saturated heterocycles. The lowest BCUT2D eigenvalue weighted by Crippen LogP contribution is -2.36. The Morgan fingerprint density at radius 1 is 0.582 bits per heavy atom. The van der Waals surface area contributed by atoms with Crippen LogP contribution >= 0.6 is 0 Å². The minimum Gasteiger partial charge on any atom is -0.461 e. The average molecular weight is 938 g/mol. The van der Waals surface area contributed by atoms with Gasteiger partial charge in [0.25, 0.3) is 0 Å². The highest BCUT2D eigenvalue weighted by Gasteiger charge is 2.30. The molecule has 2 rings (SSSR count). The molecule has 67 heavy (non-hydrogen) atoms. The minimum absolute atomic E-state index is 0.00724. The highest BCUT2D eigenvalue weighted by atomic mass is 16.6. The van der Waals surface area contributed by atoms with Gasteiger partial charge in [-0.05, 0) is 89.4 Å². The van der Waals surface area contributed by atoms with Crippen molar-refractivity contribution in [3.8, 4) is 0 Å². The molecule has 5 N–H and O–H groups in total. The van der Waals surface area contributed by atoms with Gasteiger partial charge in [-0.15, -0.1) is 0 Å². The molecule has 1 aliphatic heterocycles. The molecule has 0 bridgehead atoms. The van der Waals surface area contributed by atoms with E-state index in [-0.39, 0.29) is 89.4 Å². The molecule has 2 aliphatic rings. The van der Waals surface area contributed by atoms with Crippen LogP contribution in [-0.4, -0.2) is 91.9 Å². The standard InChI is InChI=1S/C19H31NO3.C18H28N2O3.C16H28N2O3/c1-5-6-13-20-17(21)12-11-15(4)18(14(2)3)23-19(22)16-9-7-8-10-16;1-5-6-11-20-16(21)10-9-14(4)17(13(2)3)23-18(22)15-8-7-12-19-15;1-6-7-10-18-14(19)9-8-12(4)15(11(2)3)21-16(20)13(5)17/h5-6,11-12,14-16,18H,7-10,13H2,1-4H3,(H,20,21);5-6,9-10,13-14,17H,7-8,11-12H2,1-4H3,(H,20,21);6-9,11-13,15H,10,17H2,1-5H3,(H,18,19)/b6-5+,12-11+;6-5+,10-9+;7-6+,9-8+. The van der Waals surface area contributed by atoms with E-state index < -0.39 is 12.0 Å². The van der Waals surface area contributed by atoms with Crippen LogP contribution in [0.1, 0.15) is 129 Å². The van der Waals surface area contributed by atoms with E-state index >= 15 is 0 Å². The summed E-state index contributed by atoms with van der Waals surface area (Å²) in [6.07, 6.45) is 26.1. The first kappa shape index (κ1) is 61.9. The quantitative estimate of drug-likeness (QED) is 0.0317. The van der Waals surface area contributed by atoms with Gasteiger partial charge in [0.15, 0.2) is 0 Å². The molecule has 1 aliphatic carbocycles. The fraction of sp³-hybridized carbons (Fsp3) is 0.642. The molecular formula is C53H87N5O9. The van der Waals surface area contributed by atoms with Crippen LogP contribution in [0, 0.1) is 41.4 Å². The van der Waals surface area contributed by atoms with Crippen LogP contribution in [0.4, 0.5) is 0 Å². The van der Waals surface area contributed by atoms with E-state index in [1.807, 2.05) is 126 Å². The number of ether oxygens (including phenoxy) is 3. The fourth-order valence-electron chi connectivity index (χ4n) is 7.14. The number of nitrogens with one attached hydrogen (secondary N) is 3. The van der Waals surface area contributed by atoms with E-state index in [4.69, 9.17) is 19.9 Å². The zero-order valence-electron chi connectivity index (χ0n) is 43.0. The Bertz CT molecular complexity index is 1700. The number of esters is 3. The summed E-state index contributed by atoms with van der Waals surface area (Å²) in [7, 11) is 0. The van der Waals surface area contributed by atoms with Gasteiger partial charge in [0.2, 0.25) is 17.7 Å². The molecule has 0 aromatic rings. The third-order valence-corrected chi connectivity index (χ3v) is 11.0. The molecule has 14 heteroatoms. The first-order valence-corrected chi connectivity index (χ1v) is 24.3. The van der Waals surface area contributed by atoms with Crippen molar-refractivity contribution < 1.29 is 43.0 Å². The third-order valence-electron chi connectivity index (χ3n) is 11.0. The maximum absolute atomic E-state index is 12.2. The van der Waals surface area contributed by atoms with Gasteiger partial charge in [0.05, 0.1) is 5.92 Å². The number of aliphatic imine (C=N–C) groups is 1. The van der Waals surface area contributed by atoms with E-state index in [2.05, 4.69) is 20.9 Å². The SMILES string of the molecule is C/C=C/CNC(=O)/C=C/C(C)C(OC(=O)C(C)N)C(C)C.C/C=C/CNC(=O)/C=C/C(C)C(OC(=O)C1=NCCC1)C(C)C.C/C=C/CNC(=O)/C=C/C(C)C(OC(=O)C1CCCC1)C(C)C. The fourth-order valence-corrected chi connectivity index (χ4v) is 7.14. The zero-order chi connectivity index (χ0) is 50.9. The van der Waals surface area contributed by atoms with Crippen molar-refractivity contribution >= 4 is 41.3 Å². The second-order valence-corrected chi connectivity index (χ2v) is 18.2. The van der Waals surface area contributed by atoms with Crippen LogP contribution in [0.25, 0.3) is 0 Å². The van der Waals surface area contributed by atoms with E-state index in [0.29, 0.717) is 38.3 Å². The molecule has 1 saturated carbocycles. The van der Waals surface area contributed by atoms with Crippen molar-refractivity contribution in [1.82, 2.24) is 16.0 Å². The second-order valence-electron chi connectivity index (χ2n) is 18.2. The van der Waals surface area contributed by atoms with Gasteiger partial charge in [-0.3, -0.25) is 29.0 Å². The molecule has 7 unspecified atom stereocenters. The monoisotopic (exact) mass is 938 g/mol. The topological polar surface area (TPSA) is 205 Å². The van der Waals surface area contributed by atoms with E-state index in [0.717, 1.165) is 32.1 Å². The van der Waals surface area contributed by atoms with Crippen LogP contribution < -0.4 is 21.7 Å². The number of nitrogens with two attached hydrogens (primary N) is 1. The molecular weight excluding hydrogens is 851 g/mol. The smallest absolute Gasteiger partial charge is 0.352 e. The number of rotatable bonds is 24. The van der Waals surface area contributed by atoms with Crippen LogP contribution in [0.3, 0.4) is 0 Å². The first-order valence-electron chi connectivity index (χ1n) is 24.3. The Kier molecular flexibility index (Phi) is 33.3. The molecule has 3 amide bonds. The Labute approximate surface area is 403 Å². The number of hydrogen-bond acceptors (Lipinski definition) is 11. The molecule has 0 aromatic heterocycles. The lowest BCUT2D eigenvalue weighted by molar-refractivity contribution is -0.158. The van der Waals surface area contributed by atoms with Gasteiger partial charge in [-0.1, -0.05) is 130 Å². The average Bonchev–Trinajstić information content (AvgIpc) is 4.04. The lowest BCUT2D eigenvalue weighted by Gasteiger charge is -2.27. The van der Waals surface area contributed by atoms with Crippen molar-refractivity contribution in [1.29, 1.82) is 0 Å². The summed E-state index contributed by atoms with van der Waals surface area (Å²) in [6.45, 7) is 27.4. The molecule has 7 atom stereocenters. The Hall–Kier alpha value is -5.11. The third kappa shape index (κ3) is 28.0. The predicted molar refractivity (Wildman–Crippen MR) is 270 cm³/mol. The maximum Gasteiger partial charge on any atom is 0.352 e. The molecule has 378 valence electrons. The van der Waals surface area contributed by atoms with Gasteiger partial charge in [0.1, 0.15) is 30.1 Å². The molecule has 14 nitrogen and oxygen atoms in total. The lowest BCUT2D eigenvalue weighted by atomic mass is 9.94. The van der Waals surface area contributed by atoms with Gasteiger partial charge >= 0.3 is 17.9 Å². The summed E-state index contributed by atoms with van der Waals surface area (Å²) in [5, 5.41) is 8.25.